The van der Waals surface area contributed by atoms with Gasteiger partial charge in [-0.1, -0.05) is 24.3 Å². The van der Waals surface area contributed by atoms with E-state index >= 15 is 0 Å². The lowest BCUT2D eigenvalue weighted by molar-refractivity contribution is -0.109. The van der Waals surface area contributed by atoms with Gasteiger partial charge in [0.1, 0.15) is 18.2 Å². The largest absolute Gasteiger partial charge is 0.492 e. The van der Waals surface area contributed by atoms with Crippen LogP contribution in [0.25, 0.3) is 11.0 Å². The van der Waals surface area contributed by atoms with Crippen LogP contribution < -0.4 is 10.1 Å². The number of rotatable bonds is 8. The second-order valence-electron chi connectivity index (χ2n) is 5.66. The van der Waals surface area contributed by atoms with Gasteiger partial charge in [-0.15, -0.1) is 0 Å². The first-order valence-corrected chi connectivity index (χ1v) is 8.08. The SMILES string of the molecule is Cc1cccc(OCCn2c(CCNC=O)nc3ccccc32)c1. The maximum Gasteiger partial charge on any atom is 0.207 e. The second-order valence-corrected chi connectivity index (χ2v) is 5.66. The van der Waals surface area contributed by atoms with E-state index in [0.29, 0.717) is 32.5 Å². The van der Waals surface area contributed by atoms with Crippen LogP contribution in [-0.4, -0.2) is 29.1 Å². The standard InChI is InChI=1S/C19H21N3O2/c1-15-5-4-6-16(13-15)24-12-11-22-18-8-3-2-7-17(18)21-19(22)9-10-20-14-23/h2-8,13-14H,9-12H2,1H3,(H,20,23). The van der Waals surface area contributed by atoms with Crippen molar-refractivity contribution in [3.05, 3.63) is 59.9 Å². The third-order valence-corrected chi connectivity index (χ3v) is 3.88. The summed E-state index contributed by atoms with van der Waals surface area (Å²) in [5.74, 6) is 1.84. The average molecular weight is 323 g/mol. The van der Waals surface area contributed by atoms with E-state index in [2.05, 4.69) is 20.9 Å². The minimum atomic E-state index is 0.567. The lowest BCUT2D eigenvalue weighted by Gasteiger charge is -2.11. The molecule has 0 spiro atoms. The summed E-state index contributed by atoms with van der Waals surface area (Å²) in [5.41, 5.74) is 3.24. The molecule has 0 radical (unpaired) electrons. The Morgan fingerprint density at radius 2 is 2.08 bits per heavy atom. The van der Waals surface area contributed by atoms with E-state index in [1.165, 1.54) is 5.56 Å². The zero-order valence-corrected chi connectivity index (χ0v) is 13.7. The Labute approximate surface area is 141 Å². The molecule has 1 heterocycles. The zero-order chi connectivity index (χ0) is 16.8. The quantitative estimate of drug-likeness (QED) is 0.512. The van der Waals surface area contributed by atoms with Crippen LogP contribution in [0.3, 0.4) is 0 Å². The lowest BCUT2D eigenvalue weighted by Crippen LogP contribution is -2.18. The van der Waals surface area contributed by atoms with E-state index in [4.69, 9.17) is 4.74 Å². The molecule has 0 unspecified atom stereocenters. The van der Waals surface area contributed by atoms with Crippen molar-refractivity contribution in [2.45, 2.75) is 19.9 Å². The predicted molar refractivity (Wildman–Crippen MR) is 94.2 cm³/mol. The van der Waals surface area contributed by atoms with E-state index in [9.17, 15) is 4.79 Å². The molecular weight excluding hydrogens is 302 g/mol. The molecule has 0 saturated carbocycles. The molecule has 0 saturated heterocycles. The number of imidazole rings is 1. The normalized spacial score (nSPS) is 10.7. The van der Waals surface area contributed by atoms with Crippen LogP contribution in [0.15, 0.2) is 48.5 Å². The number of benzene rings is 2. The average Bonchev–Trinajstić information content (AvgIpc) is 2.93. The summed E-state index contributed by atoms with van der Waals surface area (Å²) in [6, 6.07) is 16.1. The number of hydrogen-bond donors (Lipinski definition) is 1. The minimum Gasteiger partial charge on any atom is -0.492 e. The van der Waals surface area contributed by atoms with Crippen molar-refractivity contribution in [1.82, 2.24) is 14.9 Å². The zero-order valence-electron chi connectivity index (χ0n) is 13.7. The Bertz CT molecular complexity index is 826. The van der Waals surface area contributed by atoms with Gasteiger partial charge in [0.15, 0.2) is 0 Å². The molecule has 5 heteroatoms. The van der Waals surface area contributed by atoms with Gasteiger partial charge in [0.25, 0.3) is 0 Å². The van der Waals surface area contributed by atoms with Crippen molar-refractivity contribution < 1.29 is 9.53 Å². The van der Waals surface area contributed by atoms with Gasteiger partial charge in [0, 0.05) is 13.0 Å². The topological polar surface area (TPSA) is 56.1 Å². The van der Waals surface area contributed by atoms with E-state index in [1.54, 1.807) is 0 Å². The number of ether oxygens (including phenoxy) is 1. The highest BCUT2D eigenvalue weighted by molar-refractivity contribution is 5.75. The summed E-state index contributed by atoms with van der Waals surface area (Å²) in [5, 5.41) is 2.69. The fraction of sp³-hybridized carbons (Fsp3) is 0.263. The van der Waals surface area contributed by atoms with Crippen molar-refractivity contribution in [2.75, 3.05) is 13.2 Å². The van der Waals surface area contributed by atoms with Crippen LogP contribution in [0.1, 0.15) is 11.4 Å². The van der Waals surface area contributed by atoms with Gasteiger partial charge in [-0.05, 0) is 36.8 Å². The minimum absolute atomic E-state index is 0.567. The molecule has 1 aromatic heterocycles. The number of hydrogen-bond acceptors (Lipinski definition) is 3. The van der Waals surface area contributed by atoms with Crippen molar-refractivity contribution in [2.24, 2.45) is 0 Å². The highest BCUT2D eigenvalue weighted by atomic mass is 16.5. The fourth-order valence-electron chi connectivity index (χ4n) is 2.77. The van der Waals surface area contributed by atoms with Crippen molar-refractivity contribution in [3.8, 4) is 5.75 Å². The molecular formula is C19H21N3O2. The Morgan fingerprint density at radius 1 is 1.21 bits per heavy atom. The summed E-state index contributed by atoms with van der Waals surface area (Å²) in [6.45, 7) is 3.91. The molecule has 0 atom stereocenters. The Kier molecular flexibility index (Phi) is 5.11. The number of aryl methyl sites for hydroxylation is 1. The summed E-state index contributed by atoms with van der Waals surface area (Å²) in [6.07, 6.45) is 1.41. The molecule has 0 bridgehead atoms. The smallest absolute Gasteiger partial charge is 0.207 e. The van der Waals surface area contributed by atoms with Crippen molar-refractivity contribution >= 4 is 17.4 Å². The number of carbonyl (C=O) groups is 1. The van der Waals surface area contributed by atoms with Gasteiger partial charge in [0.05, 0.1) is 17.6 Å². The summed E-state index contributed by atoms with van der Waals surface area (Å²) >= 11 is 0. The highest BCUT2D eigenvalue weighted by Crippen LogP contribution is 2.17. The van der Waals surface area contributed by atoms with Crippen LogP contribution in [0.2, 0.25) is 0 Å². The Hall–Kier alpha value is -2.82. The van der Waals surface area contributed by atoms with E-state index in [-0.39, 0.29) is 0 Å². The van der Waals surface area contributed by atoms with E-state index in [1.807, 2.05) is 49.4 Å². The van der Waals surface area contributed by atoms with Gasteiger partial charge in [-0.3, -0.25) is 4.79 Å². The molecule has 2 aromatic carbocycles. The van der Waals surface area contributed by atoms with E-state index in [0.717, 1.165) is 22.6 Å². The van der Waals surface area contributed by atoms with Crippen LogP contribution in [0.5, 0.6) is 5.75 Å². The summed E-state index contributed by atoms with van der Waals surface area (Å²) in [7, 11) is 0. The number of amides is 1. The summed E-state index contributed by atoms with van der Waals surface area (Å²) < 4.78 is 8.03. The Morgan fingerprint density at radius 3 is 2.92 bits per heavy atom. The number of aromatic nitrogens is 2. The number of nitrogens with one attached hydrogen (secondary N) is 1. The monoisotopic (exact) mass is 323 g/mol. The number of carbonyl (C=O) groups excluding carboxylic acids is 1. The first-order chi connectivity index (χ1) is 11.8. The number of nitrogens with zero attached hydrogens (tertiary/aromatic N) is 2. The number of para-hydroxylation sites is 2. The third-order valence-electron chi connectivity index (χ3n) is 3.88. The van der Waals surface area contributed by atoms with Crippen molar-refractivity contribution in [1.29, 1.82) is 0 Å². The molecule has 1 amide bonds. The predicted octanol–water partition coefficient (Wildman–Crippen LogP) is 2.71. The first kappa shape index (κ1) is 16.1. The van der Waals surface area contributed by atoms with Crippen LogP contribution in [0, 0.1) is 6.92 Å². The highest BCUT2D eigenvalue weighted by Gasteiger charge is 2.10. The molecule has 3 rings (SSSR count). The lowest BCUT2D eigenvalue weighted by atomic mass is 10.2. The molecule has 0 aliphatic rings. The molecule has 0 fully saturated rings. The maximum atomic E-state index is 10.5. The molecule has 5 nitrogen and oxygen atoms in total. The molecule has 124 valence electrons. The Balaban J connectivity index is 1.74. The maximum absolute atomic E-state index is 10.5. The van der Waals surface area contributed by atoms with Gasteiger partial charge in [0.2, 0.25) is 6.41 Å². The van der Waals surface area contributed by atoms with Crippen molar-refractivity contribution in [3.63, 3.8) is 0 Å². The van der Waals surface area contributed by atoms with E-state index < -0.39 is 0 Å². The summed E-state index contributed by atoms with van der Waals surface area (Å²) in [4.78, 5) is 15.1. The third kappa shape index (κ3) is 3.74. The van der Waals surface area contributed by atoms with Crippen LogP contribution >= 0.6 is 0 Å². The molecule has 0 aliphatic heterocycles. The molecule has 3 aromatic rings. The van der Waals surface area contributed by atoms with Crippen LogP contribution in [-0.2, 0) is 17.8 Å². The second kappa shape index (κ2) is 7.64. The van der Waals surface area contributed by atoms with Crippen LogP contribution in [0.4, 0.5) is 0 Å². The number of fused-ring (bicyclic) bond motifs is 1. The molecule has 1 N–H and O–H groups in total. The van der Waals surface area contributed by atoms with Gasteiger partial charge in [-0.2, -0.15) is 0 Å². The van der Waals surface area contributed by atoms with Gasteiger partial charge < -0.3 is 14.6 Å². The molecule has 0 aliphatic carbocycles. The first-order valence-electron chi connectivity index (χ1n) is 8.08. The fourth-order valence-corrected chi connectivity index (χ4v) is 2.77. The van der Waals surface area contributed by atoms with Gasteiger partial charge >= 0.3 is 0 Å². The molecule has 24 heavy (non-hydrogen) atoms. The van der Waals surface area contributed by atoms with Gasteiger partial charge in [-0.25, -0.2) is 4.98 Å².